The molecule has 14 heteroatoms. The monoisotopic (exact) mass is 690 g/mol. The summed E-state index contributed by atoms with van der Waals surface area (Å²) in [6, 6.07) is -0.225. The molecule has 0 spiro atoms. The van der Waals surface area contributed by atoms with Gasteiger partial charge in [0.25, 0.3) is 0 Å². The fraction of sp³-hybridized carbons (Fsp3) is 0.879. The summed E-state index contributed by atoms with van der Waals surface area (Å²) >= 11 is 0. The minimum Gasteiger partial charge on any atom is -0.458 e. The van der Waals surface area contributed by atoms with Crippen molar-refractivity contribution in [3.05, 3.63) is 0 Å². The number of methoxy groups -OCH3 is 1. The number of cyclic esters (lactones) is 1. The summed E-state index contributed by atoms with van der Waals surface area (Å²) in [5.41, 5.74) is -3.01. The van der Waals surface area contributed by atoms with Crippen LogP contribution in [0.15, 0.2) is 0 Å². The minimum atomic E-state index is -4.06. The smallest absolute Gasteiger partial charge is 0.325 e. The van der Waals surface area contributed by atoms with Gasteiger partial charge in [-0.3, -0.25) is 19.2 Å². The van der Waals surface area contributed by atoms with Gasteiger partial charge in [-0.1, -0.05) is 27.7 Å². The van der Waals surface area contributed by atoms with Crippen molar-refractivity contribution < 1.29 is 61.3 Å². The number of fused-ring (bicyclic) bond motifs is 1. The van der Waals surface area contributed by atoms with Gasteiger partial charge >= 0.3 is 11.9 Å². The first-order valence-corrected chi connectivity index (χ1v) is 18.5. The van der Waals surface area contributed by atoms with Gasteiger partial charge in [-0.2, -0.15) is 0 Å². The van der Waals surface area contributed by atoms with E-state index in [2.05, 4.69) is 0 Å². The molecule has 0 aliphatic carbocycles. The molecule has 270 valence electrons. The molecule has 3 heterocycles. The number of aliphatic hydroxyl groups is 1. The normalized spacial score (nSPS) is 44.5. The Morgan fingerprint density at radius 1 is 0.979 bits per heavy atom. The molecule has 0 amide bonds. The molecule has 0 radical (unpaired) electrons. The van der Waals surface area contributed by atoms with Crippen molar-refractivity contribution in [2.24, 2.45) is 29.6 Å². The van der Waals surface area contributed by atoms with Crippen molar-refractivity contribution in [1.29, 1.82) is 0 Å². The summed E-state index contributed by atoms with van der Waals surface area (Å²) in [4.78, 5) is 56.1. The molecular weight excluding hydrogens is 634 g/mol. The van der Waals surface area contributed by atoms with Crippen LogP contribution in [0.2, 0.25) is 0 Å². The average molecular weight is 691 g/mol. The summed E-state index contributed by atoms with van der Waals surface area (Å²) in [6.45, 7) is 13.0. The number of sulfone groups is 1. The van der Waals surface area contributed by atoms with Gasteiger partial charge in [0.2, 0.25) is 0 Å². The Morgan fingerprint density at radius 2 is 1.57 bits per heavy atom. The first kappa shape index (κ1) is 39.5. The van der Waals surface area contributed by atoms with E-state index in [9.17, 15) is 32.7 Å². The van der Waals surface area contributed by atoms with Crippen molar-refractivity contribution in [2.45, 2.75) is 128 Å². The Morgan fingerprint density at radius 3 is 2.09 bits per heavy atom. The van der Waals surface area contributed by atoms with Crippen molar-refractivity contribution in [3.63, 3.8) is 0 Å². The Labute approximate surface area is 279 Å². The molecule has 0 aromatic heterocycles. The van der Waals surface area contributed by atoms with Gasteiger partial charge in [0.05, 0.1) is 31.9 Å². The molecule has 2 unspecified atom stereocenters. The number of esters is 2. The number of ketones is 2. The van der Waals surface area contributed by atoms with E-state index in [1.54, 1.807) is 34.6 Å². The summed E-state index contributed by atoms with van der Waals surface area (Å²) in [7, 11) is 1.20. The number of likely N-dealkylation sites (N-methyl/N-ethyl adjacent to an activating group) is 1. The number of rotatable bonds is 6. The average Bonchev–Trinajstić information content (AvgIpc) is 3.27. The van der Waals surface area contributed by atoms with Gasteiger partial charge in [-0.05, 0) is 40.5 Å². The quantitative estimate of drug-likeness (QED) is 0.293. The van der Waals surface area contributed by atoms with Gasteiger partial charge in [0.15, 0.2) is 38.9 Å². The first-order chi connectivity index (χ1) is 21.5. The van der Waals surface area contributed by atoms with Crippen LogP contribution in [0.3, 0.4) is 0 Å². The van der Waals surface area contributed by atoms with Crippen LogP contribution in [0.25, 0.3) is 0 Å². The van der Waals surface area contributed by atoms with Crippen LogP contribution in [0.1, 0.15) is 74.7 Å². The van der Waals surface area contributed by atoms with Crippen molar-refractivity contribution in [3.8, 4) is 0 Å². The summed E-state index contributed by atoms with van der Waals surface area (Å²) < 4.78 is 56.2. The molecule has 14 atom stereocenters. The SMILES string of the molecule is CC[C@H]1OC(=O)[C@H](C)C(=O)[C@H](C)[C@@H](O[C@@H]2O[C@H](C)C[C@H]([NH+](C)C)[C@H]2O)[C@](C)(OC)C[C@@H](C)C(=O)[C@H](C)C2C(S(C)(=O)=O)C(=O)O[C@@]21C. The molecule has 3 fully saturated rings. The second-order valence-corrected chi connectivity index (χ2v) is 16.9. The van der Waals surface area contributed by atoms with E-state index in [4.69, 9.17) is 23.7 Å². The lowest BCUT2D eigenvalue weighted by molar-refractivity contribution is -0.893. The first-order valence-electron chi connectivity index (χ1n) is 16.6. The topological polar surface area (TPSA) is 173 Å². The lowest BCUT2D eigenvalue weighted by atomic mass is 9.70. The molecule has 3 saturated heterocycles. The molecular formula is C33H56NO12S+. The Bertz CT molecular complexity index is 1300. The summed E-state index contributed by atoms with van der Waals surface area (Å²) in [5.74, 6) is -8.09. The molecule has 13 nitrogen and oxygen atoms in total. The maximum absolute atomic E-state index is 14.2. The van der Waals surface area contributed by atoms with Crippen LogP contribution in [0, 0.1) is 29.6 Å². The fourth-order valence-corrected chi connectivity index (χ4v) is 9.54. The third kappa shape index (κ3) is 7.62. The molecule has 0 aromatic rings. The molecule has 2 N–H and O–H groups in total. The second kappa shape index (κ2) is 14.5. The number of Topliss-reactive ketones (excluding diaryl/α,β-unsaturated/α-hetero) is 2. The molecule has 0 aromatic carbocycles. The van der Waals surface area contributed by atoms with E-state index in [1.165, 1.54) is 21.0 Å². The highest BCUT2D eigenvalue weighted by Crippen LogP contribution is 2.47. The highest BCUT2D eigenvalue weighted by molar-refractivity contribution is 7.92. The maximum atomic E-state index is 14.2. The van der Waals surface area contributed by atoms with Gasteiger partial charge in [-0.25, -0.2) is 8.42 Å². The third-order valence-corrected chi connectivity index (χ3v) is 12.3. The predicted octanol–water partition coefficient (Wildman–Crippen LogP) is 0.539. The number of quaternary nitrogens is 1. The fourth-order valence-electron chi connectivity index (χ4n) is 8.10. The zero-order valence-electron chi connectivity index (χ0n) is 29.9. The van der Waals surface area contributed by atoms with Crippen LogP contribution in [0.5, 0.6) is 0 Å². The summed E-state index contributed by atoms with van der Waals surface area (Å²) in [5, 5.41) is 9.64. The minimum absolute atomic E-state index is 0.0213. The number of hydrogen-bond acceptors (Lipinski definition) is 12. The zero-order valence-corrected chi connectivity index (χ0v) is 30.7. The van der Waals surface area contributed by atoms with Gasteiger partial charge in [-0.15, -0.1) is 0 Å². The molecule has 3 rings (SSSR count). The Hall–Kier alpha value is -1.97. The van der Waals surface area contributed by atoms with E-state index in [1.807, 2.05) is 21.0 Å². The molecule has 0 bridgehead atoms. The number of carbonyl (C=O) groups is 4. The Kier molecular flexibility index (Phi) is 12.2. The highest BCUT2D eigenvalue weighted by Gasteiger charge is 2.64. The van der Waals surface area contributed by atoms with Crippen LogP contribution < -0.4 is 4.90 Å². The molecule has 0 saturated carbocycles. The van der Waals surface area contributed by atoms with Crippen LogP contribution in [-0.2, 0) is 52.7 Å². The molecule has 3 aliphatic rings. The number of carbonyl (C=O) groups excluding carboxylic acids is 4. The summed E-state index contributed by atoms with van der Waals surface area (Å²) in [6.07, 6.45) is -3.07. The van der Waals surface area contributed by atoms with Crippen molar-refractivity contribution in [1.82, 2.24) is 0 Å². The van der Waals surface area contributed by atoms with E-state index in [-0.39, 0.29) is 30.8 Å². The second-order valence-electron chi connectivity index (χ2n) is 14.7. The van der Waals surface area contributed by atoms with E-state index < -0.39 is 98.2 Å². The molecule has 3 aliphatic heterocycles. The zero-order chi connectivity index (χ0) is 36.0. The lowest BCUT2D eigenvalue weighted by Crippen LogP contribution is -3.12. The predicted molar refractivity (Wildman–Crippen MR) is 170 cm³/mol. The highest BCUT2D eigenvalue weighted by atomic mass is 32.2. The van der Waals surface area contributed by atoms with E-state index in [0.29, 0.717) is 6.42 Å². The number of nitrogens with one attached hydrogen (secondary N) is 1. The molecule has 47 heavy (non-hydrogen) atoms. The third-order valence-electron chi connectivity index (χ3n) is 10.9. The van der Waals surface area contributed by atoms with Gasteiger partial charge in [0, 0.05) is 43.5 Å². The van der Waals surface area contributed by atoms with Crippen molar-refractivity contribution in [2.75, 3.05) is 27.5 Å². The van der Waals surface area contributed by atoms with Crippen LogP contribution >= 0.6 is 0 Å². The van der Waals surface area contributed by atoms with Crippen molar-refractivity contribution >= 4 is 33.3 Å². The number of aliphatic hydroxyl groups excluding tert-OH is 1. The number of ether oxygens (including phenoxy) is 5. The van der Waals surface area contributed by atoms with Gasteiger partial charge < -0.3 is 33.7 Å². The van der Waals surface area contributed by atoms with Gasteiger partial charge in [0.1, 0.15) is 23.8 Å². The maximum Gasteiger partial charge on any atom is 0.325 e. The van der Waals surface area contributed by atoms with Crippen LogP contribution in [0.4, 0.5) is 0 Å². The lowest BCUT2D eigenvalue weighted by Gasteiger charge is -2.46. The largest absolute Gasteiger partial charge is 0.458 e. The Balaban J connectivity index is 2.18. The van der Waals surface area contributed by atoms with E-state index >= 15 is 0 Å². The number of hydrogen-bond donors (Lipinski definition) is 2. The standard InChI is InChI=1S/C33H55NO12S/c1-13-22-33(8)23(27(30(39)46-33)47(12,40)41)18(4)24(35)16(2)15-32(7,42-11)28(19(5)25(36)20(6)29(38)44-22)45-31-26(37)21(34(9)10)14-17(3)43-31/h16-23,26-28,31,37H,13-15H2,1-12H3/p+1/t16-,17-,18-,19+,20-,21+,22-,23?,26-,27?,28-,31+,32-,33-/m1/s1. The van der Waals surface area contributed by atoms with E-state index in [0.717, 1.165) is 11.2 Å². The van der Waals surface area contributed by atoms with Crippen LogP contribution in [-0.4, -0.2) is 118 Å².